The average Bonchev–Trinajstić information content (AvgIpc) is 2.46. The van der Waals surface area contributed by atoms with Gasteiger partial charge in [0.2, 0.25) is 0 Å². The summed E-state index contributed by atoms with van der Waals surface area (Å²) in [5.41, 5.74) is 0.270. The Morgan fingerprint density at radius 1 is 1.57 bits per heavy atom. The lowest BCUT2D eigenvalue weighted by Crippen LogP contribution is -2.41. The third kappa shape index (κ3) is 1.75. The van der Waals surface area contributed by atoms with Crippen molar-refractivity contribution in [2.45, 2.75) is 26.2 Å². The van der Waals surface area contributed by atoms with Gasteiger partial charge in [0.1, 0.15) is 0 Å². The van der Waals surface area contributed by atoms with Gasteiger partial charge in [-0.05, 0) is 25.2 Å². The summed E-state index contributed by atoms with van der Waals surface area (Å²) < 4.78 is 5.08. The first-order valence-electron chi connectivity index (χ1n) is 5.16. The van der Waals surface area contributed by atoms with Crippen LogP contribution in [-0.2, 0) is 9.53 Å². The van der Waals surface area contributed by atoms with Crippen LogP contribution in [0.4, 0.5) is 0 Å². The van der Waals surface area contributed by atoms with E-state index in [4.69, 9.17) is 4.74 Å². The van der Waals surface area contributed by atoms with E-state index in [0.29, 0.717) is 6.61 Å². The van der Waals surface area contributed by atoms with Crippen LogP contribution in [0, 0.1) is 11.3 Å². The van der Waals surface area contributed by atoms with Crippen molar-refractivity contribution in [3.05, 3.63) is 0 Å². The van der Waals surface area contributed by atoms with Crippen molar-refractivity contribution in [2.75, 3.05) is 19.7 Å². The molecule has 4 heteroatoms. The fourth-order valence-electron chi connectivity index (χ4n) is 2.54. The zero-order chi connectivity index (χ0) is 9.31. The van der Waals surface area contributed by atoms with E-state index >= 15 is 0 Å². The Morgan fingerprint density at radius 2 is 2.29 bits per heavy atom. The molecule has 1 heterocycles. The number of nitrogens with one attached hydrogen (secondary N) is 1. The van der Waals surface area contributed by atoms with E-state index in [0.717, 1.165) is 13.1 Å². The normalized spacial score (nSPS) is 27.9. The maximum Gasteiger partial charge on any atom is 0.310 e. The number of hydrogen-bond donors (Lipinski definition) is 1. The lowest BCUT2D eigenvalue weighted by Gasteiger charge is -2.41. The minimum absolute atomic E-state index is 0. The summed E-state index contributed by atoms with van der Waals surface area (Å²) in [4.78, 5) is 11.6. The first-order chi connectivity index (χ1) is 6.28. The molecular weight excluding hydrogens is 202 g/mol. The highest BCUT2D eigenvalue weighted by atomic mass is 35.5. The van der Waals surface area contributed by atoms with Gasteiger partial charge >= 0.3 is 5.97 Å². The zero-order valence-electron chi connectivity index (χ0n) is 8.54. The number of carbonyl (C=O) groups excluding carboxylic acids is 1. The molecule has 1 unspecified atom stereocenters. The first-order valence-corrected chi connectivity index (χ1v) is 5.16. The smallest absolute Gasteiger partial charge is 0.310 e. The molecule has 14 heavy (non-hydrogen) atoms. The second-order valence-electron chi connectivity index (χ2n) is 4.15. The maximum atomic E-state index is 11.6. The van der Waals surface area contributed by atoms with E-state index in [2.05, 4.69) is 5.32 Å². The van der Waals surface area contributed by atoms with Crippen LogP contribution in [-0.4, -0.2) is 25.7 Å². The molecule has 1 saturated carbocycles. The predicted octanol–water partition coefficient (Wildman–Crippen LogP) is 1.36. The molecule has 0 aromatic heterocycles. The molecule has 1 aliphatic carbocycles. The van der Waals surface area contributed by atoms with Crippen LogP contribution >= 0.6 is 12.4 Å². The minimum atomic E-state index is 0. The molecule has 0 amide bonds. The van der Waals surface area contributed by atoms with Gasteiger partial charge in [-0.3, -0.25) is 4.79 Å². The Bertz CT molecular complexity index is 216. The molecule has 1 saturated heterocycles. The number of halogens is 1. The summed E-state index contributed by atoms with van der Waals surface area (Å²) in [6.45, 7) is 4.20. The van der Waals surface area contributed by atoms with Crippen molar-refractivity contribution in [2.24, 2.45) is 11.3 Å². The van der Waals surface area contributed by atoms with Gasteiger partial charge in [0.25, 0.3) is 0 Å². The van der Waals surface area contributed by atoms with Gasteiger partial charge in [-0.2, -0.15) is 0 Å². The molecule has 2 rings (SSSR count). The van der Waals surface area contributed by atoms with Crippen molar-refractivity contribution >= 4 is 18.4 Å². The fraction of sp³-hybridized carbons (Fsp3) is 0.900. The van der Waals surface area contributed by atoms with Crippen molar-refractivity contribution in [3.8, 4) is 0 Å². The molecule has 0 bridgehead atoms. The van der Waals surface area contributed by atoms with Crippen molar-refractivity contribution < 1.29 is 9.53 Å². The molecule has 2 aliphatic rings. The van der Waals surface area contributed by atoms with Crippen LogP contribution in [0.5, 0.6) is 0 Å². The van der Waals surface area contributed by atoms with Gasteiger partial charge in [0.05, 0.1) is 12.5 Å². The lowest BCUT2D eigenvalue weighted by atomic mass is 9.63. The molecule has 3 nitrogen and oxygen atoms in total. The molecule has 1 atom stereocenters. The molecule has 1 spiro atoms. The summed E-state index contributed by atoms with van der Waals surface area (Å²) in [5.74, 6) is 0.133. The van der Waals surface area contributed by atoms with Crippen molar-refractivity contribution in [1.29, 1.82) is 0 Å². The topological polar surface area (TPSA) is 38.3 Å². The van der Waals surface area contributed by atoms with E-state index in [1.54, 1.807) is 0 Å². The van der Waals surface area contributed by atoms with Crippen LogP contribution < -0.4 is 5.32 Å². The fourth-order valence-corrected chi connectivity index (χ4v) is 2.54. The molecule has 82 valence electrons. The monoisotopic (exact) mass is 219 g/mol. The number of esters is 1. The summed E-state index contributed by atoms with van der Waals surface area (Å²) in [6, 6.07) is 0. The van der Waals surface area contributed by atoms with Crippen molar-refractivity contribution in [1.82, 2.24) is 5.32 Å². The average molecular weight is 220 g/mol. The van der Waals surface area contributed by atoms with Crippen LogP contribution in [0.3, 0.4) is 0 Å². The number of carbonyl (C=O) groups is 1. The van der Waals surface area contributed by atoms with Crippen LogP contribution in [0.15, 0.2) is 0 Å². The molecule has 1 aliphatic heterocycles. The Hall–Kier alpha value is -0.280. The van der Waals surface area contributed by atoms with Gasteiger partial charge in [-0.1, -0.05) is 6.42 Å². The number of hydrogen-bond acceptors (Lipinski definition) is 3. The van der Waals surface area contributed by atoms with Gasteiger partial charge in [0.15, 0.2) is 0 Å². The summed E-state index contributed by atoms with van der Waals surface area (Å²) in [7, 11) is 0. The second kappa shape index (κ2) is 4.49. The summed E-state index contributed by atoms with van der Waals surface area (Å²) in [5, 5.41) is 3.30. The van der Waals surface area contributed by atoms with Crippen LogP contribution in [0.25, 0.3) is 0 Å². The van der Waals surface area contributed by atoms with Gasteiger partial charge < -0.3 is 10.1 Å². The van der Waals surface area contributed by atoms with E-state index in [-0.39, 0.29) is 29.7 Å². The standard InChI is InChI=1S/C10H17NO2.ClH/c1-2-13-9(12)8-6-11-7-10(8)4-3-5-10;/h8,11H,2-7H2,1H3;1H. The quantitative estimate of drug-likeness (QED) is 0.713. The first kappa shape index (κ1) is 11.8. The summed E-state index contributed by atoms with van der Waals surface area (Å²) >= 11 is 0. The van der Waals surface area contributed by atoms with E-state index in [1.807, 2.05) is 6.92 Å². The molecule has 1 N–H and O–H groups in total. The van der Waals surface area contributed by atoms with Crippen LogP contribution in [0.1, 0.15) is 26.2 Å². The Morgan fingerprint density at radius 3 is 2.79 bits per heavy atom. The van der Waals surface area contributed by atoms with Gasteiger partial charge in [0, 0.05) is 13.1 Å². The Kier molecular flexibility index (Phi) is 3.78. The SMILES string of the molecule is CCOC(=O)C1CNCC12CCC2.Cl. The zero-order valence-corrected chi connectivity index (χ0v) is 9.36. The van der Waals surface area contributed by atoms with E-state index in [9.17, 15) is 4.79 Å². The number of rotatable bonds is 2. The second-order valence-corrected chi connectivity index (χ2v) is 4.15. The molecule has 2 fully saturated rings. The summed E-state index contributed by atoms with van der Waals surface area (Å²) in [6.07, 6.45) is 3.67. The lowest BCUT2D eigenvalue weighted by molar-refractivity contribution is -0.153. The highest BCUT2D eigenvalue weighted by Gasteiger charge is 2.51. The predicted molar refractivity (Wildman–Crippen MR) is 56.5 cm³/mol. The number of ether oxygens (including phenoxy) is 1. The van der Waals surface area contributed by atoms with E-state index in [1.165, 1.54) is 19.3 Å². The molecule has 0 aromatic carbocycles. The van der Waals surface area contributed by atoms with Crippen LogP contribution in [0.2, 0.25) is 0 Å². The Balaban J connectivity index is 0.000000980. The molecular formula is C10H18ClNO2. The maximum absolute atomic E-state index is 11.6. The Labute approximate surface area is 91.0 Å². The third-order valence-electron chi connectivity index (χ3n) is 3.49. The van der Waals surface area contributed by atoms with Gasteiger partial charge in [-0.15, -0.1) is 12.4 Å². The third-order valence-corrected chi connectivity index (χ3v) is 3.49. The van der Waals surface area contributed by atoms with Gasteiger partial charge in [-0.25, -0.2) is 0 Å². The molecule has 0 aromatic rings. The minimum Gasteiger partial charge on any atom is -0.466 e. The molecule has 0 radical (unpaired) electrons. The highest BCUT2D eigenvalue weighted by Crippen LogP contribution is 2.49. The largest absolute Gasteiger partial charge is 0.466 e. The van der Waals surface area contributed by atoms with Crippen molar-refractivity contribution in [3.63, 3.8) is 0 Å². The highest BCUT2D eigenvalue weighted by molar-refractivity contribution is 5.85. The van der Waals surface area contributed by atoms with E-state index < -0.39 is 0 Å².